The van der Waals surface area contributed by atoms with E-state index in [4.69, 9.17) is 21.4 Å². The molecular formula is C15H15ClN2O2. The maximum absolute atomic E-state index is 7.00. The first-order chi connectivity index (χ1) is 9.75. The molecular weight excluding hydrogens is 276 g/mol. The Morgan fingerprint density at radius 1 is 1.15 bits per heavy atom. The zero-order chi connectivity index (χ0) is 14.5. The molecule has 0 atom stereocenters. The Bertz CT molecular complexity index is 627. The maximum Gasteiger partial charge on any atom is 0.226 e. The third-order valence-electron chi connectivity index (χ3n) is 2.87. The lowest BCUT2D eigenvalue weighted by molar-refractivity contribution is 0.342. The predicted octanol–water partition coefficient (Wildman–Crippen LogP) is 3.20. The standard InChI is InChI=1S/C14H11ClN2O.CH4O/c1-9-7-8-18-14-11(9)12(15)16-13(17-14)10-5-3-2-4-6-10;1-2/h2-7H,8H2,1H3;2H,1H3. The fraction of sp³-hybridized carbons (Fsp3) is 0.200. The van der Waals surface area contributed by atoms with Crippen LogP contribution in [0.5, 0.6) is 5.88 Å². The fourth-order valence-electron chi connectivity index (χ4n) is 1.91. The first-order valence-corrected chi connectivity index (χ1v) is 6.51. The molecule has 0 aliphatic carbocycles. The molecule has 1 aromatic carbocycles. The van der Waals surface area contributed by atoms with Crippen LogP contribution in [-0.2, 0) is 0 Å². The van der Waals surface area contributed by atoms with E-state index in [1.807, 2.05) is 43.3 Å². The normalized spacial score (nSPS) is 12.5. The Hall–Kier alpha value is -1.91. The van der Waals surface area contributed by atoms with Crippen LogP contribution in [0.3, 0.4) is 0 Å². The minimum Gasteiger partial charge on any atom is -0.473 e. The number of hydrogen-bond acceptors (Lipinski definition) is 4. The Balaban J connectivity index is 0.000000704. The van der Waals surface area contributed by atoms with E-state index in [2.05, 4.69) is 9.97 Å². The van der Waals surface area contributed by atoms with Gasteiger partial charge < -0.3 is 9.84 Å². The molecule has 2 aromatic rings. The Labute approximate surface area is 122 Å². The number of ether oxygens (including phenoxy) is 1. The molecule has 0 amide bonds. The summed E-state index contributed by atoms with van der Waals surface area (Å²) in [5, 5.41) is 7.44. The van der Waals surface area contributed by atoms with E-state index in [0.29, 0.717) is 23.5 Å². The quantitative estimate of drug-likeness (QED) is 0.820. The zero-order valence-corrected chi connectivity index (χ0v) is 12.1. The van der Waals surface area contributed by atoms with Gasteiger partial charge >= 0.3 is 0 Å². The number of rotatable bonds is 1. The van der Waals surface area contributed by atoms with Gasteiger partial charge in [0.05, 0.1) is 5.56 Å². The van der Waals surface area contributed by atoms with Gasteiger partial charge in [0.25, 0.3) is 0 Å². The molecule has 3 rings (SSSR count). The maximum atomic E-state index is 7.00. The molecule has 104 valence electrons. The molecule has 1 N–H and O–H groups in total. The van der Waals surface area contributed by atoms with Crippen LogP contribution in [0.15, 0.2) is 36.4 Å². The van der Waals surface area contributed by atoms with Crippen molar-refractivity contribution < 1.29 is 9.84 Å². The van der Waals surface area contributed by atoms with E-state index in [1.165, 1.54) is 0 Å². The highest BCUT2D eigenvalue weighted by Crippen LogP contribution is 2.34. The van der Waals surface area contributed by atoms with Crippen LogP contribution < -0.4 is 4.74 Å². The largest absolute Gasteiger partial charge is 0.473 e. The van der Waals surface area contributed by atoms with Crippen LogP contribution >= 0.6 is 11.6 Å². The van der Waals surface area contributed by atoms with Crippen LogP contribution in [0.25, 0.3) is 17.0 Å². The van der Waals surface area contributed by atoms with Gasteiger partial charge in [-0.3, -0.25) is 0 Å². The third-order valence-corrected chi connectivity index (χ3v) is 3.14. The van der Waals surface area contributed by atoms with Crippen molar-refractivity contribution >= 4 is 17.2 Å². The van der Waals surface area contributed by atoms with Crippen molar-refractivity contribution in [1.82, 2.24) is 9.97 Å². The second-order valence-corrected chi connectivity index (χ2v) is 4.44. The number of aliphatic hydroxyl groups excluding tert-OH is 1. The lowest BCUT2D eigenvalue weighted by atomic mass is 10.1. The molecule has 0 bridgehead atoms. The number of nitrogens with zero attached hydrogens (tertiary/aromatic N) is 2. The summed E-state index contributed by atoms with van der Waals surface area (Å²) in [6, 6.07) is 9.73. The molecule has 2 heterocycles. The minimum atomic E-state index is 0.437. The lowest BCUT2D eigenvalue weighted by Gasteiger charge is -2.16. The van der Waals surface area contributed by atoms with E-state index in [0.717, 1.165) is 23.8 Å². The number of allylic oxidation sites excluding steroid dienone is 1. The first kappa shape index (κ1) is 14.5. The number of fused-ring (bicyclic) bond motifs is 1. The van der Waals surface area contributed by atoms with Gasteiger partial charge in [0.2, 0.25) is 5.88 Å². The third kappa shape index (κ3) is 2.81. The molecule has 1 aliphatic heterocycles. The number of benzene rings is 1. The summed E-state index contributed by atoms with van der Waals surface area (Å²) in [6.45, 7) is 2.51. The average molecular weight is 291 g/mol. The lowest BCUT2D eigenvalue weighted by Crippen LogP contribution is -2.08. The number of hydrogen-bond donors (Lipinski definition) is 1. The Morgan fingerprint density at radius 3 is 2.55 bits per heavy atom. The number of aliphatic hydroxyl groups is 1. The van der Waals surface area contributed by atoms with Crippen LogP contribution in [-0.4, -0.2) is 28.8 Å². The molecule has 0 fully saturated rings. The molecule has 0 radical (unpaired) electrons. The second-order valence-electron chi connectivity index (χ2n) is 4.08. The van der Waals surface area contributed by atoms with Crippen LogP contribution in [0.2, 0.25) is 5.15 Å². The highest BCUT2D eigenvalue weighted by molar-refractivity contribution is 6.31. The van der Waals surface area contributed by atoms with Gasteiger partial charge in [-0.15, -0.1) is 0 Å². The monoisotopic (exact) mass is 290 g/mol. The van der Waals surface area contributed by atoms with Gasteiger partial charge in [0.1, 0.15) is 11.8 Å². The van der Waals surface area contributed by atoms with Crippen molar-refractivity contribution in [1.29, 1.82) is 0 Å². The summed E-state index contributed by atoms with van der Waals surface area (Å²) >= 11 is 6.22. The highest BCUT2D eigenvalue weighted by atomic mass is 35.5. The highest BCUT2D eigenvalue weighted by Gasteiger charge is 2.19. The summed E-state index contributed by atoms with van der Waals surface area (Å²) in [5.41, 5.74) is 2.78. The van der Waals surface area contributed by atoms with E-state index < -0.39 is 0 Å². The summed E-state index contributed by atoms with van der Waals surface area (Å²) in [5.74, 6) is 1.16. The van der Waals surface area contributed by atoms with Crippen molar-refractivity contribution in [2.45, 2.75) is 6.92 Å². The fourth-order valence-corrected chi connectivity index (χ4v) is 2.22. The van der Waals surface area contributed by atoms with Crippen LogP contribution in [0.4, 0.5) is 0 Å². The summed E-state index contributed by atoms with van der Waals surface area (Å²) < 4.78 is 5.52. The van der Waals surface area contributed by atoms with E-state index in [1.54, 1.807) is 0 Å². The predicted molar refractivity (Wildman–Crippen MR) is 79.8 cm³/mol. The summed E-state index contributed by atoms with van der Waals surface area (Å²) in [4.78, 5) is 8.78. The van der Waals surface area contributed by atoms with Crippen molar-refractivity contribution in [3.63, 3.8) is 0 Å². The Morgan fingerprint density at radius 2 is 1.85 bits per heavy atom. The smallest absolute Gasteiger partial charge is 0.226 e. The van der Waals surface area contributed by atoms with Gasteiger partial charge in [-0.05, 0) is 18.6 Å². The average Bonchev–Trinajstić information content (AvgIpc) is 2.50. The van der Waals surface area contributed by atoms with Gasteiger partial charge in [-0.1, -0.05) is 41.9 Å². The van der Waals surface area contributed by atoms with Crippen molar-refractivity contribution in [3.8, 4) is 17.3 Å². The molecule has 0 saturated carbocycles. The zero-order valence-electron chi connectivity index (χ0n) is 11.3. The molecule has 0 saturated heterocycles. The molecule has 0 spiro atoms. The molecule has 5 heteroatoms. The molecule has 1 aliphatic rings. The van der Waals surface area contributed by atoms with Crippen LogP contribution in [0, 0.1) is 0 Å². The van der Waals surface area contributed by atoms with Gasteiger partial charge in [0.15, 0.2) is 5.82 Å². The van der Waals surface area contributed by atoms with E-state index >= 15 is 0 Å². The summed E-state index contributed by atoms with van der Waals surface area (Å²) in [7, 11) is 1.00. The van der Waals surface area contributed by atoms with Gasteiger partial charge in [-0.2, -0.15) is 4.98 Å². The Kier molecular flexibility index (Phi) is 4.71. The number of aromatic nitrogens is 2. The molecule has 4 nitrogen and oxygen atoms in total. The van der Waals surface area contributed by atoms with Gasteiger partial charge in [0, 0.05) is 12.7 Å². The first-order valence-electron chi connectivity index (χ1n) is 6.13. The van der Waals surface area contributed by atoms with Gasteiger partial charge in [-0.25, -0.2) is 4.98 Å². The minimum absolute atomic E-state index is 0.437. The van der Waals surface area contributed by atoms with Crippen molar-refractivity contribution in [2.24, 2.45) is 0 Å². The number of halogens is 1. The summed E-state index contributed by atoms with van der Waals surface area (Å²) in [6.07, 6.45) is 1.97. The van der Waals surface area contributed by atoms with E-state index in [9.17, 15) is 0 Å². The van der Waals surface area contributed by atoms with Crippen LogP contribution in [0.1, 0.15) is 12.5 Å². The topological polar surface area (TPSA) is 55.2 Å². The molecule has 1 aromatic heterocycles. The SMILES string of the molecule is CC1=CCOc2nc(-c3ccccc3)nc(Cl)c21.CO. The molecule has 20 heavy (non-hydrogen) atoms. The second kappa shape index (κ2) is 6.50. The van der Waals surface area contributed by atoms with E-state index in [-0.39, 0.29) is 0 Å². The van der Waals surface area contributed by atoms with Crippen molar-refractivity contribution in [2.75, 3.05) is 13.7 Å². The molecule has 0 unspecified atom stereocenters. The van der Waals surface area contributed by atoms with Crippen molar-refractivity contribution in [3.05, 3.63) is 47.1 Å².